The minimum absolute atomic E-state index is 0.0428. The fourth-order valence-corrected chi connectivity index (χ4v) is 6.49. The van der Waals surface area contributed by atoms with Crippen LogP contribution in [-0.4, -0.2) is 54.7 Å². The lowest BCUT2D eigenvalue weighted by atomic mass is 9.74. The standard InChI is InChI=1S/C29H39Cl2N3O2S/c1-21-7-9-22(10-8-21)19-29(34(2)3)15-13-23(14-16-29)33-28(36)12-11-27(35)32-17-18-37-20-24-25(30)5-4-6-26(24)31/h4-10,23H,11-20H2,1-3H3,(H,32,35)(H,33,36). The lowest BCUT2D eigenvalue weighted by Crippen LogP contribution is -2.52. The Hall–Kier alpha value is -1.73. The molecular weight excluding hydrogens is 525 g/mol. The van der Waals surface area contributed by atoms with Gasteiger partial charge in [-0.05, 0) is 76.4 Å². The fourth-order valence-electron chi connectivity index (χ4n) is 4.89. The monoisotopic (exact) mass is 563 g/mol. The molecule has 5 nitrogen and oxygen atoms in total. The zero-order valence-corrected chi connectivity index (χ0v) is 24.4. The van der Waals surface area contributed by atoms with Crippen LogP contribution in [0.15, 0.2) is 42.5 Å². The molecule has 1 fully saturated rings. The number of nitrogens with zero attached hydrogens (tertiary/aromatic N) is 1. The van der Waals surface area contributed by atoms with Gasteiger partial charge >= 0.3 is 0 Å². The predicted octanol–water partition coefficient (Wildman–Crippen LogP) is 6.03. The molecule has 37 heavy (non-hydrogen) atoms. The van der Waals surface area contributed by atoms with Crippen molar-refractivity contribution in [2.24, 2.45) is 0 Å². The van der Waals surface area contributed by atoms with Gasteiger partial charge in [-0.3, -0.25) is 9.59 Å². The number of hydrogen-bond acceptors (Lipinski definition) is 4. The van der Waals surface area contributed by atoms with E-state index in [0.29, 0.717) is 22.3 Å². The van der Waals surface area contributed by atoms with Gasteiger partial charge in [0.1, 0.15) is 0 Å². The molecule has 8 heteroatoms. The van der Waals surface area contributed by atoms with Gasteiger partial charge in [-0.1, -0.05) is 59.1 Å². The molecule has 0 atom stereocenters. The van der Waals surface area contributed by atoms with Gasteiger partial charge in [0.25, 0.3) is 0 Å². The minimum atomic E-state index is -0.0973. The number of rotatable bonds is 12. The first-order chi connectivity index (χ1) is 17.7. The van der Waals surface area contributed by atoms with Gasteiger partial charge in [0.15, 0.2) is 0 Å². The second kappa shape index (κ2) is 14.4. The van der Waals surface area contributed by atoms with Crippen LogP contribution in [-0.2, 0) is 21.8 Å². The van der Waals surface area contributed by atoms with E-state index in [1.165, 1.54) is 11.1 Å². The summed E-state index contributed by atoms with van der Waals surface area (Å²) < 4.78 is 0. The number of carbonyl (C=O) groups is 2. The number of thioether (sulfide) groups is 1. The number of hydrogen-bond donors (Lipinski definition) is 2. The number of halogens is 2. The van der Waals surface area contributed by atoms with Crippen LogP contribution < -0.4 is 10.6 Å². The second-order valence-electron chi connectivity index (χ2n) is 10.2. The quantitative estimate of drug-likeness (QED) is 0.309. The summed E-state index contributed by atoms with van der Waals surface area (Å²) in [7, 11) is 4.33. The third-order valence-corrected chi connectivity index (χ3v) is 9.03. The Bertz CT molecular complexity index is 1020. The molecule has 0 bridgehead atoms. The second-order valence-corrected chi connectivity index (χ2v) is 12.1. The molecule has 0 aliphatic heterocycles. The summed E-state index contributed by atoms with van der Waals surface area (Å²) in [4.78, 5) is 27.0. The first-order valence-corrected chi connectivity index (χ1v) is 14.9. The Kier molecular flexibility index (Phi) is 11.6. The van der Waals surface area contributed by atoms with Gasteiger partial charge in [0, 0.05) is 52.5 Å². The predicted molar refractivity (Wildman–Crippen MR) is 157 cm³/mol. The molecule has 3 rings (SSSR count). The van der Waals surface area contributed by atoms with Crippen LogP contribution in [0.25, 0.3) is 0 Å². The summed E-state index contributed by atoms with van der Waals surface area (Å²) in [5.41, 5.74) is 3.67. The number of likely N-dealkylation sites (N-methyl/N-ethyl adjacent to an activating group) is 1. The topological polar surface area (TPSA) is 61.4 Å². The van der Waals surface area contributed by atoms with Crippen LogP contribution in [0.3, 0.4) is 0 Å². The van der Waals surface area contributed by atoms with E-state index in [0.717, 1.165) is 43.4 Å². The molecule has 2 aromatic carbocycles. The molecular formula is C29H39Cl2N3O2S. The van der Waals surface area contributed by atoms with Crippen molar-refractivity contribution in [3.8, 4) is 0 Å². The highest BCUT2D eigenvalue weighted by Crippen LogP contribution is 2.35. The minimum Gasteiger partial charge on any atom is -0.355 e. The van der Waals surface area contributed by atoms with Crippen LogP contribution in [0.1, 0.15) is 55.2 Å². The molecule has 0 spiro atoms. The highest BCUT2D eigenvalue weighted by Gasteiger charge is 2.37. The zero-order chi connectivity index (χ0) is 26.8. The average molecular weight is 565 g/mol. The summed E-state index contributed by atoms with van der Waals surface area (Å²) in [6.07, 6.45) is 5.42. The van der Waals surface area contributed by atoms with Crippen LogP contribution in [0.5, 0.6) is 0 Å². The molecule has 0 heterocycles. The highest BCUT2D eigenvalue weighted by molar-refractivity contribution is 7.98. The summed E-state index contributed by atoms with van der Waals surface area (Å²) in [5.74, 6) is 1.30. The molecule has 2 N–H and O–H groups in total. The molecule has 0 saturated heterocycles. The molecule has 0 aromatic heterocycles. The van der Waals surface area contributed by atoms with Crippen LogP contribution in [0.4, 0.5) is 0 Å². The number of nitrogens with one attached hydrogen (secondary N) is 2. The Balaban J connectivity index is 1.32. The number of amides is 2. The fraction of sp³-hybridized carbons (Fsp3) is 0.517. The first-order valence-electron chi connectivity index (χ1n) is 13.0. The van der Waals surface area contributed by atoms with Gasteiger partial charge in [-0.15, -0.1) is 0 Å². The molecule has 2 amide bonds. The van der Waals surface area contributed by atoms with E-state index in [9.17, 15) is 9.59 Å². The van der Waals surface area contributed by atoms with Crippen molar-refractivity contribution in [1.82, 2.24) is 15.5 Å². The third-order valence-electron chi connectivity index (χ3n) is 7.34. The Morgan fingerprint density at radius 2 is 1.62 bits per heavy atom. The smallest absolute Gasteiger partial charge is 0.220 e. The molecule has 0 unspecified atom stereocenters. The molecule has 1 aliphatic rings. The van der Waals surface area contributed by atoms with E-state index in [1.54, 1.807) is 11.8 Å². The van der Waals surface area contributed by atoms with Crippen LogP contribution in [0, 0.1) is 6.92 Å². The van der Waals surface area contributed by atoms with E-state index in [1.807, 2.05) is 18.2 Å². The number of carbonyl (C=O) groups excluding carboxylic acids is 2. The molecule has 1 aliphatic carbocycles. The molecule has 202 valence electrons. The summed E-state index contributed by atoms with van der Waals surface area (Å²) in [6.45, 7) is 2.66. The van der Waals surface area contributed by atoms with Crippen LogP contribution in [0.2, 0.25) is 10.0 Å². The number of benzene rings is 2. The van der Waals surface area contributed by atoms with Crippen molar-refractivity contribution >= 4 is 46.8 Å². The Morgan fingerprint density at radius 1 is 1.00 bits per heavy atom. The Labute approximate surface area is 236 Å². The molecule has 2 aromatic rings. The first kappa shape index (κ1) is 29.8. The van der Waals surface area contributed by atoms with Gasteiger partial charge in [-0.2, -0.15) is 11.8 Å². The SMILES string of the molecule is Cc1ccc(CC2(N(C)C)CCC(NC(=O)CCC(=O)NCCSCc3c(Cl)cccc3Cl)CC2)cc1. The maximum Gasteiger partial charge on any atom is 0.220 e. The third kappa shape index (κ3) is 9.20. The average Bonchev–Trinajstić information content (AvgIpc) is 2.86. The van der Waals surface area contributed by atoms with Crippen molar-refractivity contribution in [2.45, 2.75) is 69.2 Å². The zero-order valence-electron chi connectivity index (χ0n) is 22.1. The summed E-state index contributed by atoms with van der Waals surface area (Å²) >= 11 is 14.0. The molecule has 0 radical (unpaired) electrons. The van der Waals surface area contributed by atoms with E-state index in [-0.39, 0.29) is 36.2 Å². The maximum atomic E-state index is 12.5. The van der Waals surface area contributed by atoms with Crippen molar-refractivity contribution in [3.63, 3.8) is 0 Å². The molecule has 1 saturated carbocycles. The van der Waals surface area contributed by atoms with E-state index >= 15 is 0 Å². The lowest BCUT2D eigenvalue weighted by Gasteiger charge is -2.45. The van der Waals surface area contributed by atoms with Crippen molar-refractivity contribution < 1.29 is 9.59 Å². The summed E-state index contributed by atoms with van der Waals surface area (Å²) in [5, 5.41) is 7.37. The number of aryl methyl sites for hydroxylation is 1. The van der Waals surface area contributed by atoms with Crippen molar-refractivity contribution in [1.29, 1.82) is 0 Å². The maximum absolute atomic E-state index is 12.5. The lowest BCUT2D eigenvalue weighted by molar-refractivity contribution is -0.127. The Morgan fingerprint density at radius 3 is 2.24 bits per heavy atom. The van der Waals surface area contributed by atoms with Gasteiger partial charge < -0.3 is 15.5 Å². The van der Waals surface area contributed by atoms with Gasteiger partial charge in [0.2, 0.25) is 11.8 Å². The van der Waals surface area contributed by atoms with Crippen molar-refractivity contribution in [3.05, 3.63) is 69.2 Å². The van der Waals surface area contributed by atoms with Crippen molar-refractivity contribution in [2.75, 3.05) is 26.4 Å². The van der Waals surface area contributed by atoms with E-state index < -0.39 is 0 Å². The van der Waals surface area contributed by atoms with E-state index in [4.69, 9.17) is 23.2 Å². The highest BCUT2D eigenvalue weighted by atomic mass is 35.5. The van der Waals surface area contributed by atoms with Gasteiger partial charge in [0.05, 0.1) is 0 Å². The normalized spacial score (nSPS) is 19.6. The van der Waals surface area contributed by atoms with Gasteiger partial charge in [-0.25, -0.2) is 0 Å². The van der Waals surface area contributed by atoms with E-state index in [2.05, 4.69) is 60.8 Å². The van der Waals surface area contributed by atoms with Crippen LogP contribution >= 0.6 is 35.0 Å². The largest absolute Gasteiger partial charge is 0.355 e. The summed E-state index contributed by atoms with van der Waals surface area (Å²) in [6, 6.07) is 14.5.